The Morgan fingerprint density at radius 2 is 1.65 bits per heavy atom. The van der Waals surface area contributed by atoms with Crippen LogP contribution in [0.25, 0.3) is 0 Å². The number of hydrogen-bond acceptors (Lipinski definition) is 6. The second-order valence-electron chi connectivity index (χ2n) is 5.11. The molecule has 1 fully saturated rings. The maximum atomic E-state index is 9.29. The third-order valence-corrected chi connectivity index (χ3v) is 4.15. The smallest absolute Gasteiger partial charge is 0.115 e. The molecular weight excluding hydrogens is 272 g/mol. The van der Waals surface area contributed by atoms with Gasteiger partial charge in [0.1, 0.15) is 5.75 Å². The Morgan fingerprint density at radius 1 is 1.00 bits per heavy atom. The Kier molecular flexibility index (Phi) is 4.25. The number of hydrogen-bond donors (Lipinski definition) is 1. The van der Waals surface area contributed by atoms with Crippen molar-refractivity contribution in [2.24, 2.45) is 0 Å². The van der Waals surface area contributed by atoms with E-state index < -0.39 is 0 Å². The number of piperazine rings is 1. The van der Waals surface area contributed by atoms with Crippen molar-refractivity contribution in [2.45, 2.75) is 13.1 Å². The fourth-order valence-corrected chi connectivity index (χ4v) is 2.89. The zero-order chi connectivity index (χ0) is 13.8. The minimum Gasteiger partial charge on any atom is -0.508 e. The molecule has 106 valence electrons. The molecule has 1 aliphatic heterocycles. The molecule has 6 heteroatoms. The molecule has 1 aromatic heterocycles. The van der Waals surface area contributed by atoms with Gasteiger partial charge in [0, 0.05) is 44.6 Å². The quantitative estimate of drug-likeness (QED) is 0.926. The van der Waals surface area contributed by atoms with Gasteiger partial charge >= 0.3 is 0 Å². The topological polar surface area (TPSA) is 52.5 Å². The molecule has 1 saturated heterocycles. The van der Waals surface area contributed by atoms with Gasteiger partial charge in [-0.2, -0.15) is 0 Å². The molecule has 0 bridgehead atoms. The molecule has 5 nitrogen and oxygen atoms in total. The van der Waals surface area contributed by atoms with Crippen molar-refractivity contribution < 1.29 is 5.11 Å². The lowest BCUT2D eigenvalue weighted by atomic mass is 10.2. The summed E-state index contributed by atoms with van der Waals surface area (Å²) in [5.74, 6) is 0.329. The van der Waals surface area contributed by atoms with Crippen LogP contribution in [0.5, 0.6) is 5.75 Å². The largest absolute Gasteiger partial charge is 0.508 e. The molecule has 1 N–H and O–H groups in total. The second-order valence-corrected chi connectivity index (χ2v) is 5.72. The summed E-state index contributed by atoms with van der Waals surface area (Å²) in [6.45, 7) is 6.12. The highest BCUT2D eigenvalue weighted by atomic mass is 32.1. The standard InChI is InChI=1S/C14H18N4OS/c19-14-3-1-12(2-4-14)9-17-5-7-18(8-6-17)10-13-11-20-16-15-13/h1-4,11,19H,5-10H2. The summed E-state index contributed by atoms with van der Waals surface area (Å²) in [6.07, 6.45) is 0. The van der Waals surface area contributed by atoms with Gasteiger partial charge in [0.25, 0.3) is 0 Å². The van der Waals surface area contributed by atoms with Gasteiger partial charge in [0.05, 0.1) is 5.69 Å². The minimum absolute atomic E-state index is 0.329. The van der Waals surface area contributed by atoms with E-state index in [9.17, 15) is 5.11 Å². The lowest BCUT2D eigenvalue weighted by Crippen LogP contribution is -2.45. The second kappa shape index (κ2) is 6.30. The van der Waals surface area contributed by atoms with Crippen molar-refractivity contribution >= 4 is 11.5 Å². The first-order chi connectivity index (χ1) is 9.79. The zero-order valence-corrected chi connectivity index (χ0v) is 12.1. The molecule has 20 heavy (non-hydrogen) atoms. The zero-order valence-electron chi connectivity index (χ0n) is 11.3. The van der Waals surface area contributed by atoms with E-state index in [2.05, 4.69) is 19.4 Å². The maximum Gasteiger partial charge on any atom is 0.115 e. The van der Waals surface area contributed by atoms with Gasteiger partial charge < -0.3 is 5.11 Å². The molecule has 0 atom stereocenters. The Morgan fingerprint density at radius 3 is 2.25 bits per heavy atom. The lowest BCUT2D eigenvalue weighted by Gasteiger charge is -2.34. The predicted octanol–water partition coefficient (Wildman–Crippen LogP) is 1.56. The van der Waals surface area contributed by atoms with Gasteiger partial charge in [-0.3, -0.25) is 9.80 Å². The van der Waals surface area contributed by atoms with Crippen molar-refractivity contribution in [1.29, 1.82) is 0 Å². The maximum absolute atomic E-state index is 9.29. The molecule has 3 rings (SSSR count). The van der Waals surface area contributed by atoms with Crippen molar-refractivity contribution in [3.05, 3.63) is 40.9 Å². The summed E-state index contributed by atoms with van der Waals surface area (Å²) in [5.41, 5.74) is 2.32. The molecule has 0 aliphatic carbocycles. The number of nitrogens with zero attached hydrogens (tertiary/aromatic N) is 4. The van der Waals surface area contributed by atoms with E-state index in [1.54, 1.807) is 12.1 Å². The third-order valence-electron chi connectivity index (χ3n) is 3.60. The van der Waals surface area contributed by atoms with Gasteiger partial charge in [0.2, 0.25) is 0 Å². The molecule has 1 aliphatic rings. The summed E-state index contributed by atoms with van der Waals surface area (Å²) in [4.78, 5) is 4.87. The highest BCUT2D eigenvalue weighted by molar-refractivity contribution is 7.03. The van der Waals surface area contributed by atoms with Crippen LogP contribution < -0.4 is 0 Å². The molecule has 0 unspecified atom stereocenters. The van der Waals surface area contributed by atoms with E-state index in [1.165, 1.54) is 17.1 Å². The molecule has 0 spiro atoms. The van der Waals surface area contributed by atoms with Crippen molar-refractivity contribution in [1.82, 2.24) is 19.4 Å². The lowest BCUT2D eigenvalue weighted by molar-refractivity contribution is 0.121. The van der Waals surface area contributed by atoms with Gasteiger partial charge in [0.15, 0.2) is 0 Å². The normalized spacial score (nSPS) is 17.4. The van der Waals surface area contributed by atoms with Crippen LogP contribution in [0.2, 0.25) is 0 Å². The van der Waals surface area contributed by atoms with Crippen LogP contribution >= 0.6 is 11.5 Å². The SMILES string of the molecule is Oc1ccc(CN2CCN(Cc3csnn3)CC2)cc1. The predicted molar refractivity (Wildman–Crippen MR) is 78.6 cm³/mol. The highest BCUT2D eigenvalue weighted by Crippen LogP contribution is 2.14. The molecule has 1 aromatic carbocycles. The number of phenolic OH excluding ortho intramolecular Hbond substituents is 1. The molecule has 0 amide bonds. The number of benzene rings is 1. The molecular formula is C14H18N4OS. The summed E-state index contributed by atoms with van der Waals surface area (Å²) in [6, 6.07) is 7.48. The van der Waals surface area contributed by atoms with Crippen LogP contribution in [0.1, 0.15) is 11.3 Å². The molecule has 0 radical (unpaired) electrons. The van der Waals surface area contributed by atoms with Crippen molar-refractivity contribution in [3.63, 3.8) is 0 Å². The van der Waals surface area contributed by atoms with Crippen LogP contribution in [0.4, 0.5) is 0 Å². The number of aromatic hydroxyl groups is 1. The summed E-state index contributed by atoms with van der Waals surface area (Å²) >= 11 is 1.41. The molecule has 2 heterocycles. The fourth-order valence-electron chi connectivity index (χ4n) is 2.45. The number of rotatable bonds is 4. The fraction of sp³-hybridized carbons (Fsp3) is 0.429. The number of phenols is 1. The Balaban J connectivity index is 1.47. The molecule has 0 saturated carbocycles. The van der Waals surface area contributed by atoms with Crippen LogP contribution in [0, 0.1) is 0 Å². The Bertz CT molecular complexity index is 521. The average Bonchev–Trinajstić information content (AvgIpc) is 2.96. The van der Waals surface area contributed by atoms with Crippen LogP contribution in [0.3, 0.4) is 0 Å². The van der Waals surface area contributed by atoms with Crippen molar-refractivity contribution in [3.8, 4) is 5.75 Å². The van der Waals surface area contributed by atoms with E-state index in [0.717, 1.165) is 45.0 Å². The number of aromatic nitrogens is 2. The first-order valence-corrected chi connectivity index (χ1v) is 7.62. The van der Waals surface area contributed by atoms with E-state index in [4.69, 9.17) is 0 Å². The van der Waals surface area contributed by atoms with Crippen LogP contribution in [-0.2, 0) is 13.1 Å². The Labute approximate surface area is 122 Å². The van der Waals surface area contributed by atoms with E-state index in [-0.39, 0.29) is 0 Å². The van der Waals surface area contributed by atoms with Crippen LogP contribution in [-0.4, -0.2) is 50.7 Å². The third kappa shape index (κ3) is 3.53. The summed E-state index contributed by atoms with van der Waals surface area (Å²) < 4.78 is 3.90. The van der Waals surface area contributed by atoms with Gasteiger partial charge in [-0.25, -0.2) is 0 Å². The van der Waals surface area contributed by atoms with Gasteiger partial charge in [-0.1, -0.05) is 16.6 Å². The summed E-state index contributed by atoms with van der Waals surface area (Å²) in [7, 11) is 0. The van der Waals surface area contributed by atoms with E-state index in [0.29, 0.717) is 5.75 Å². The van der Waals surface area contributed by atoms with Crippen molar-refractivity contribution in [2.75, 3.05) is 26.2 Å². The summed E-state index contributed by atoms with van der Waals surface area (Å²) in [5, 5.41) is 15.4. The van der Waals surface area contributed by atoms with E-state index in [1.807, 2.05) is 17.5 Å². The highest BCUT2D eigenvalue weighted by Gasteiger charge is 2.17. The van der Waals surface area contributed by atoms with Gasteiger partial charge in [-0.15, -0.1) is 5.10 Å². The Hall–Kier alpha value is -1.50. The van der Waals surface area contributed by atoms with E-state index >= 15 is 0 Å². The van der Waals surface area contributed by atoms with Crippen LogP contribution in [0.15, 0.2) is 29.6 Å². The first kappa shape index (κ1) is 13.5. The minimum atomic E-state index is 0.329. The average molecular weight is 290 g/mol. The monoisotopic (exact) mass is 290 g/mol. The van der Waals surface area contributed by atoms with Gasteiger partial charge in [-0.05, 0) is 29.2 Å². The molecule has 2 aromatic rings. The first-order valence-electron chi connectivity index (χ1n) is 6.78.